The monoisotopic (exact) mass is 387 g/mol. The van der Waals surface area contributed by atoms with Crippen LogP contribution in [0.1, 0.15) is 11.1 Å². The van der Waals surface area contributed by atoms with E-state index in [0.29, 0.717) is 10.9 Å². The second-order valence-electron chi connectivity index (χ2n) is 5.30. The summed E-state index contributed by atoms with van der Waals surface area (Å²) in [6.45, 7) is 2.08. The average Bonchev–Trinajstić information content (AvgIpc) is 3.08. The van der Waals surface area contributed by atoms with Gasteiger partial charge >= 0.3 is 0 Å². The minimum absolute atomic E-state index is 0.0694. The number of benzene rings is 2. The van der Waals surface area contributed by atoms with Gasteiger partial charge in [-0.2, -0.15) is 0 Å². The molecule has 4 nitrogen and oxygen atoms in total. The van der Waals surface area contributed by atoms with Crippen molar-refractivity contribution in [1.29, 1.82) is 0 Å². The molecule has 7 heteroatoms. The van der Waals surface area contributed by atoms with Crippen molar-refractivity contribution < 1.29 is 4.79 Å². The summed E-state index contributed by atoms with van der Waals surface area (Å²) in [6, 6.07) is 18.3. The molecule has 2 aromatic carbocycles. The van der Waals surface area contributed by atoms with Gasteiger partial charge < -0.3 is 0 Å². The maximum atomic E-state index is 12.0. The molecule has 1 N–H and O–H groups in total. The number of aromatic nitrogens is 2. The number of carbonyl (C=O) groups is 1. The summed E-state index contributed by atoms with van der Waals surface area (Å²) in [4.78, 5) is 13.1. The van der Waals surface area contributed by atoms with Crippen LogP contribution in [0.2, 0.25) is 0 Å². The fourth-order valence-electron chi connectivity index (χ4n) is 1.97. The molecule has 0 aliphatic heterocycles. The second-order valence-corrected chi connectivity index (χ2v) is 8.55. The van der Waals surface area contributed by atoms with Crippen LogP contribution in [0, 0.1) is 6.92 Å². The molecule has 3 rings (SSSR count). The number of anilines is 1. The summed E-state index contributed by atoms with van der Waals surface area (Å²) in [5.74, 6) is 1.13. The van der Waals surface area contributed by atoms with E-state index in [-0.39, 0.29) is 5.91 Å². The molecule has 0 radical (unpaired) electrons. The zero-order valence-electron chi connectivity index (χ0n) is 13.6. The van der Waals surface area contributed by atoms with E-state index in [4.69, 9.17) is 0 Å². The molecule has 0 aliphatic carbocycles. The lowest BCUT2D eigenvalue weighted by molar-refractivity contribution is -0.113. The Morgan fingerprint density at radius 2 is 1.80 bits per heavy atom. The van der Waals surface area contributed by atoms with Gasteiger partial charge in [-0.3, -0.25) is 10.1 Å². The fraction of sp³-hybridized carbons (Fsp3) is 0.167. The Labute approximate surface area is 159 Å². The molecule has 3 aromatic rings. The lowest BCUT2D eigenvalue weighted by atomic mass is 10.2. The van der Waals surface area contributed by atoms with E-state index in [0.717, 1.165) is 15.0 Å². The summed E-state index contributed by atoms with van der Waals surface area (Å²) in [7, 11) is 0. The van der Waals surface area contributed by atoms with Gasteiger partial charge in [0.05, 0.1) is 5.75 Å². The molecule has 0 saturated carbocycles. The zero-order chi connectivity index (χ0) is 17.5. The van der Waals surface area contributed by atoms with Crippen LogP contribution in [0.15, 0.2) is 63.8 Å². The quantitative estimate of drug-likeness (QED) is 0.463. The van der Waals surface area contributed by atoms with Crippen LogP contribution < -0.4 is 5.32 Å². The Kier molecular flexibility index (Phi) is 6.49. The molecule has 0 aliphatic rings. The third kappa shape index (κ3) is 5.88. The van der Waals surface area contributed by atoms with Gasteiger partial charge in [-0.1, -0.05) is 71.1 Å². The molecule has 0 fully saturated rings. The largest absolute Gasteiger partial charge is 0.300 e. The van der Waals surface area contributed by atoms with Crippen LogP contribution in [0.4, 0.5) is 5.13 Å². The highest BCUT2D eigenvalue weighted by Gasteiger charge is 2.09. The van der Waals surface area contributed by atoms with E-state index in [9.17, 15) is 4.79 Å². The van der Waals surface area contributed by atoms with E-state index in [2.05, 4.69) is 46.7 Å². The molecule has 0 atom stereocenters. The molecule has 1 aromatic heterocycles. The fourth-order valence-corrected chi connectivity index (χ4v) is 4.41. The lowest BCUT2D eigenvalue weighted by Crippen LogP contribution is -2.13. The smallest absolute Gasteiger partial charge is 0.236 e. The molecule has 0 unspecified atom stereocenters. The first kappa shape index (κ1) is 18.0. The Hall–Kier alpha value is -1.83. The highest BCUT2D eigenvalue weighted by Crippen LogP contribution is 2.28. The Morgan fingerprint density at radius 3 is 2.56 bits per heavy atom. The summed E-state index contributed by atoms with van der Waals surface area (Å²) in [6.07, 6.45) is 0. The first-order chi connectivity index (χ1) is 12.2. The molecule has 0 bridgehead atoms. The van der Waals surface area contributed by atoms with E-state index in [1.807, 2.05) is 30.3 Å². The van der Waals surface area contributed by atoms with Crippen molar-refractivity contribution in [2.24, 2.45) is 0 Å². The third-order valence-corrected chi connectivity index (χ3v) is 6.30. The van der Waals surface area contributed by atoms with Crippen molar-refractivity contribution in [1.82, 2.24) is 10.2 Å². The summed E-state index contributed by atoms with van der Waals surface area (Å²) >= 11 is 4.53. The maximum absolute atomic E-state index is 12.0. The van der Waals surface area contributed by atoms with E-state index >= 15 is 0 Å². The van der Waals surface area contributed by atoms with Crippen LogP contribution in [0.25, 0.3) is 0 Å². The Balaban J connectivity index is 1.46. The van der Waals surface area contributed by atoms with Crippen LogP contribution in [-0.4, -0.2) is 21.9 Å². The van der Waals surface area contributed by atoms with E-state index in [1.165, 1.54) is 34.2 Å². The van der Waals surface area contributed by atoms with Gasteiger partial charge in [0.15, 0.2) is 4.34 Å². The normalized spacial score (nSPS) is 10.6. The van der Waals surface area contributed by atoms with Crippen molar-refractivity contribution >= 4 is 45.9 Å². The molecular formula is C18H17N3OS3. The van der Waals surface area contributed by atoms with Gasteiger partial charge in [-0.25, -0.2) is 0 Å². The summed E-state index contributed by atoms with van der Waals surface area (Å²) in [5.41, 5.74) is 2.50. The first-order valence-corrected chi connectivity index (χ1v) is 10.5. The average molecular weight is 388 g/mol. The van der Waals surface area contributed by atoms with Gasteiger partial charge in [0.1, 0.15) is 0 Å². The van der Waals surface area contributed by atoms with Crippen molar-refractivity contribution in [2.45, 2.75) is 21.9 Å². The molecular weight excluding hydrogens is 370 g/mol. The number of carbonyl (C=O) groups excluding carboxylic acids is 1. The van der Waals surface area contributed by atoms with Gasteiger partial charge in [-0.05, 0) is 24.6 Å². The molecule has 0 saturated heterocycles. The number of hydrogen-bond acceptors (Lipinski definition) is 6. The standard InChI is InChI=1S/C18H17N3OS3/c1-13-7-9-14(10-8-13)11-24-18-21-20-17(25-18)19-16(22)12-23-15-5-3-2-4-6-15/h2-10H,11-12H2,1H3,(H,19,20,22). The minimum atomic E-state index is -0.0694. The number of nitrogens with zero attached hydrogens (tertiary/aromatic N) is 2. The zero-order valence-corrected chi connectivity index (χ0v) is 16.1. The van der Waals surface area contributed by atoms with E-state index < -0.39 is 0 Å². The first-order valence-electron chi connectivity index (χ1n) is 7.68. The number of thioether (sulfide) groups is 2. The predicted molar refractivity (Wildman–Crippen MR) is 106 cm³/mol. The summed E-state index contributed by atoms with van der Waals surface area (Å²) < 4.78 is 0.853. The van der Waals surface area contributed by atoms with E-state index in [1.54, 1.807) is 11.8 Å². The van der Waals surface area contributed by atoms with Crippen LogP contribution >= 0.6 is 34.9 Å². The van der Waals surface area contributed by atoms with Gasteiger partial charge in [0.25, 0.3) is 0 Å². The maximum Gasteiger partial charge on any atom is 0.236 e. The summed E-state index contributed by atoms with van der Waals surface area (Å²) in [5, 5.41) is 11.5. The highest BCUT2D eigenvalue weighted by molar-refractivity contribution is 8.00. The van der Waals surface area contributed by atoms with Gasteiger partial charge in [0.2, 0.25) is 11.0 Å². The number of rotatable bonds is 7. The van der Waals surface area contributed by atoms with Crippen LogP contribution in [-0.2, 0) is 10.5 Å². The van der Waals surface area contributed by atoms with Crippen molar-refractivity contribution in [3.8, 4) is 0 Å². The number of amides is 1. The van der Waals surface area contributed by atoms with Gasteiger partial charge in [0, 0.05) is 10.6 Å². The molecule has 1 heterocycles. The topological polar surface area (TPSA) is 54.9 Å². The molecule has 1 amide bonds. The Morgan fingerprint density at radius 1 is 1.04 bits per heavy atom. The number of aryl methyl sites for hydroxylation is 1. The number of nitrogens with one attached hydrogen (secondary N) is 1. The highest BCUT2D eigenvalue weighted by atomic mass is 32.2. The third-order valence-electron chi connectivity index (χ3n) is 3.25. The van der Waals surface area contributed by atoms with Crippen LogP contribution in [0.5, 0.6) is 0 Å². The van der Waals surface area contributed by atoms with Crippen molar-refractivity contribution in [3.05, 3.63) is 65.7 Å². The number of hydrogen-bond donors (Lipinski definition) is 1. The molecule has 128 valence electrons. The second kappa shape index (κ2) is 9.03. The van der Waals surface area contributed by atoms with Crippen molar-refractivity contribution in [2.75, 3.05) is 11.1 Å². The lowest BCUT2D eigenvalue weighted by Gasteiger charge is -2.01. The SMILES string of the molecule is Cc1ccc(CSc2nnc(NC(=O)CSc3ccccc3)s2)cc1. The molecule has 25 heavy (non-hydrogen) atoms. The van der Waals surface area contributed by atoms with Crippen LogP contribution in [0.3, 0.4) is 0 Å². The van der Waals surface area contributed by atoms with Gasteiger partial charge in [-0.15, -0.1) is 22.0 Å². The molecule has 0 spiro atoms. The van der Waals surface area contributed by atoms with Crippen molar-refractivity contribution in [3.63, 3.8) is 0 Å². The predicted octanol–water partition coefficient (Wildman–Crippen LogP) is 4.87. The minimum Gasteiger partial charge on any atom is -0.300 e. The Bertz CT molecular complexity index is 819.